The molecule has 2 heterocycles. The van der Waals surface area contributed by atoms with Gasteiger partial charge in [-0.2, -0.15) is 0 Å². The Kier molecular flexibility index (Phi) is 8.67. The molecule has 7 nitrogen and oxygen atoms in total. The molecule has 180 valence electrons. The van der Waals surface area contributed by atoms with Gasteiger partial charge in [-0.1, -0.05) is 18.2 Å². The summed E-state index contributed by atoms with van der Waals surface area (Å²) >= 11 is 0. The molecule has 0 atom stereocenters. The minimum Gasteiger partial charge on any atom is -0.493 e. The van der Waals surface area contributed by atoms with Crippen LogP contribution in [0.1, 0.15) is 71.0 Å². The lowest BCUT2D eigenvalue weighted by molar-refractivity contribution is -0.137. The third-order valence-corrected chi connectivity index (χ3v) is 6.08. The van der Waals surface area contributed by atoms with E-state index in [-0.39, 0.29) is 19.0 Å². The van der Waals surface area contributed by atoms with Gasteiger partial charge in [0.15, 0.2) is 0 Å². The van der Waals surface area contributed by atoms with Crippen LogP contribution in [0.3, 0.4) is 0 Å². The molecule has 0 bridgehead atoms. The molecule has 2 amide bonds. The van der Waals surface area contributed by atoms with Crippen LogP contribution < -0.4 is 4.74 Å². The van der Waals surface area contributed by atoms with Crippen LogP contribution in [0, 0.1) is 0 Å². The molecular weight excluding hydrogens is 420 g/mol. The summed E-state index contributed by atoms with van der Waals surface area (Å²) in [5.74, 6) is 1.21. The van der Waals surface area contributed by atoms with Crippen molar-refractivity contribution in [1.82, 2.24) is 9.80 Å². The van der Waals surface area contributed by atoms with Gasteiger partial charge in [-0.05, 0) is 64.2 Å². The molecule has 1 aliphatic heterocycles. The SMILES string of the molecule is [2H]C(C)(C)N(Cc1ccccc1OCCCCCC(=O)O)C(=O)N1CCC(c2ccco2)CC1. The largest absolute Gasteiger partial charge is 0.493 e. The van der Waals surface area contributed by atoms with Crippen LogP contribution in [0.15, 0.2) is 47.1 Å². The van der Waals surface area contributed by atoms with Crippen LogP contribution in [-0.2, 0) is 11.3 Å². The minimum atomic E-state index is -1.10. The van der Waals surface area contributed by atoms with Gasteiger partial charge in [-0.3, -0.25) is 4.79 Å². The second kappa shape index (κ2) is 12.3. The summed E-state index contributed by atoms with van der Waals surface area (Å²) in [4.78, 5) is 27.5. The van der Waals surface area contributed by atoms with Gasteiger partial charge in [-0.15, -0.1) is 0 Å². The van der Waals surface area contributed by atoms with Gasteiger partial charge in [0.05, 0.1) is 20.8 Å². The molecule has 0 aliphatic carbocycles. The summed E-state index contributed by atoms with van der Waals surface area (Å²) < 4.78 is 20.1. The van der Waals surface area contributed by atoms with Crippen LogP contribution in [0.5, 0.6) is 5.75 Å². The van der Waals surface area contributed by atoms with Crippen molar-refractivity contribution in [3.63, 3.8) is 0 Å². The van der Waals surface area contributed by atoms with E-state index in [4.69, 9.17) is 15.6 Å². The van der Waals surface area contributed by atoms with Crippen LogP contribution in [-0.4, -0.2) is 52.6 Å². The van der Waals surface area contributed by atoms with E-state index in [1.807, 2.05) is 41.3 Å². The van der Waals surface area contributed by atoms with E-state index in [1.54, 1.807) is 25.0 Å². The zero-order valence-electron chi connectivity index (χ0n) is 20.7. The van der Waals surface area contributed by atoms with Crippen LogP contribution in [0.4, 0.5) is 4.79 Å². The lowest BCUT2D eigenvalue weighted by atomic mass is 9.94. The smallest absolute Gasteiger partial charge is 0.320 e. The van der Waals surface area contributed by atoms with E-state index < -0.39 is 12.0 Å². The second-order valence-electron chi connectivity index (χ2n) is 8.75. The number of hydrogen-bond acceptors (Lipinski definition) is 4. The highest BCUT2D eigenvalue weighted by atomic mass is 16.5. The third kappa shape index (κ3) is 7.27. The zero-order chi connectivity index (χ0) is 24.6. The average Bonchev–Trinajstić information content (AvgIpc) is 3.34. The van der Waals surface area contributed by atoms with Gasteiger partial charge in [-0.25, -0.2) is 4.79 Å². The highest BCUT2D eigenvalue weighted by molar-refractivity contribution is 5.75. The summed E-state index contributed by atoms with van der Waals surface area (Å²) in [5.41, 5.74) is 0.854. The maximum atomic E-state index is 13.5. The minimum absolute atomic E-state index is 0.138. The average molecular weight is 458 g/mol. The lowest BCUT2D eigenvalue weighted by Crippen LogP contribution is -2.48. The van der Waals surface area contributed by atoms with Crippen molar-refractivity contribution >= 4 is 12.0 Å². The number of carboxylic acids is 1. The lowest BCUT2D eigenvalue weighted by Gasteiger charge is -2.37. The van der Waals surface area contributed by atoms with Gasteiger partial charge in [0, 0.05) is 37.0 Å². The summed E-state index contributed by atoms with van der Waals surface area (Å²) in [6, 6.07) is 10.2. The van der Waals surface area contributed by atoms with Crippen LogP contribution >= 0.6 is 0 Å². The van der Waals surface area contributed by atoms with Gasteiger partial charge < -0.3 is 24.1 Å². The molecule has 1 fully saturated rings. The second-order valence-corrected chi connectivity index (χ2v) is 8.75. The van der Waals surface area contributed by atoms with Gasteiger partial charge >= 0.3 is 12.0 Å². The number of carbonyl (C=O) groups excluding carboxylic acids is 1. The molecule has 2 aromatic rings. The Bertz CT molecular complexity index is 918. The first-order valence-electron chi connectivity index (χ1n) is 12.3. The van der Waals surface area contributed by atoms with E-state index >= 15 is 0 Å². The number of hydrogen-bond donors (Lipinski definition) is 1. The maximum absolute atomic E-state index is 13.5. The van der Waals surface area contributed by atoms with E-state index in [1.165, 1.54) is 0 Å². The first kappa shape index (κ1) is 23.2. The molecule has 7 heteroatoms. The zero-order valence-corrected chi connectivity index (χ0v) is 19.7. The fraction of sp³-hybridized carbons (Fsp3) is 0.538. The van der Waals surface area contributed by atoms with Crippen molar-refractivity contribution < 1.29 is 25.2 Å². The fourth-order valence-electron chi connectivity index (χ4n) is 4.15. The number of amides is 2. The van der Waals surface area contributed by atoms with Crippen molar-refractivity contribution in [3.05, 3.63) is 54.0 Å². The Morgan fingerprint density at radius 2 is 1.94 bits per heavy atom. The van der Waals surface area contributed by atoms with Crippen molar-refractivity contribution in [3.8, 4) is 5.75 Å². The number of ether oxygens (including phenoxy) is 1. The van der Waals surface area contributed by atoms with E-state index in [0.29, 0.717) is 37.8 Å². The first-order chi connectivity index (χ1) is 16.3. The molecule has 3 rings (SSSR count). The van der Waals surface area contributed by atoms with Crippen molar-refractivity contribution in [2.45, 2.75) is 70.9 Å². The molecule has 1 aromatic heterocycles. The van der Waals surface area contributed by atoms with Crippen LogP contribution in [0.25, 0.3) is 0 Å². The maximum Gasteiger partial charge on any atom is 0.320 e. The van der Waals surface area contributed by atoms with Crippen molar-refractivity contribution in [2.24, 2.45) is 0 Å². The van der Waals surface area contributed by atoms with Crippen molar-refractivity contribution in [2.75, 3.05) is 19.7 Å². The summed E-state index contributed by atoms with van der Waals surface area (Å²) in [6.07, 6.45) is 5.72. The number of nitrogens with zero attached hydrogens (tertiary/aromatic N) is 2. The topological polar surface area (TPSA) is 83.2 Å². The quantitative estimate of drug-likeness (QED) is 0.450. The molecule has 0 unspecified atom stereocenters. The third-order valence-electron chi connectivity index (χ3n) is 6.08. The molecule has 1 aromatic carbocycles. The summed E-state index contributed by atoms with van der Waals surface area (Å²) in [7, 11) is 0. The Morgan fingerprint density at radius 1 is 1.18 bits per heavy atom. The number of carbonyl (C=O) groups is 2. The highest BCUT2D eigenvalue weighted by Gasteiger charge is 2.29. The number of furan rings is 1. The number of urea groups is 1. The number of aliphatic carboxylic acids is 1. The molecule has 1 N–H and O–H groups in total. The molecular formula is C26H36N2O5. The molecule has 0 spiro atoms. The molecule has 0 radical (unpaired) electrons. The number of rotatable bonds is 11. The Hall–Kier alpha value is -2.96. The predicted molar refractivity (Wildman–Crippen MR) is 126 cm³/mol. The monoisotopic (exact) mass is 457 g/mol. The van der Waals surface area contributed by atoms with Crippen LogP contribution in [0.2, 0.25) is 0 Å². The Balaban J connectivity index is 1.60. The van der Waals surface area contributed by atoms with Gasteiger partial charge in [0.25, 0.3) is 0 Å². The number of likely N-dealkylation sites (tertiary alicyclic amines) is 1. The Morgan fingerprint density at radius 3 is 2.61 bits per heavy atom. The number of benzene rings is 1. The van der Waals surface area contributed by atoms with E-state index in [2.05, 4.69) is 0 Å². The molecule has 1 saturated heterocycles. The molecule has 1 aliphatic rings. The number of unbranched alkanes of at least 4 members (excludes halogenated alkanes) is 2. The normalized spacial score (nSPS) is 15.2. The standard InChI is InChI=1S/C26H36N2O5/c1-20(2)28(26(31)27-15-13-21(14-16-27)23-11-8-18-33-23)19-22-9-5-6-10-24(22)32-17-7-3-4-12-25(29)30/h5-6,8-11,18,20-21H,3-4,7,12-17,19H2,1-2H3,(H,29,30)/i20D. The highest BCUT2D eigenvalue weighted by Crippen LogP contribution is 2.29. The predicted octanol–water partition coefficient (Wildman–Crippen LogP) is 5.51. The fourth-order valence-corrected chi connectivity index (χ4v) is 4.15. The molecule has 33 heavy (non-hydrogen) atoms. The van der Waals surface area contributed by atoms with Crippen molar-refractivity contribution in [1.29, 1.82) is 0 Å². The van der Waals surface area contributed by atoms with E-state index in [0.717, 1.165) is 37.0 Å². The van der Waals surface area contributed by atoms with Gasteiger partial charge in [0.1, 0.15) is 11.5 Å². The van der Waals surface area contributed by atoms with Gasteiger partial charge in [0.2, 0.25) is 0 Å². The number of carboxylic acid groups (broad SMARTS) is 1. The molecule has 0 saturated carbocycles. The summed E-state index contributed by atoms with van der Waals surface area (Å²) in [6.45, 7) is 5.48. The number of piperidine rings is 1. The van der Waals surface area contributed by atoms with E-state index in [9.17, 15) is 9.59 Å². The Labute approximate surface area is 197 Å². The summed E-state index contributed by atoms with van der Waals surface area (Å²) in [5, 5.41) is 8.74. The number of para-hydroxylation sites is 1. The first-order valence-corrected chi connectivity index (χ1v) is 11.8.